The van der Waals surface area contributed by atoms with Crippen LogP contribution in [0.2, 0.25) is 0 Å². The second-order valence-corrected chi connectivity index (χ2v) is 6.52. The summed E-state index contributed by atoms with van der Waals surface area (Å²) in [5.74, 6) is 0.830. The van der Waals surface area contributed by atoms with Crippen molar-refractivity contribution in [3.8, 4) is 5.75 Å². The van der Waals surface area contributed by atoms with Crippen LogP contribution in [0.25, 0.3) is 0 Å². The summed E-state index contributed by atoms with van der Waals surface area (Å²) in [4.78, 5) is 2.50. The topological polar surface area (TPSA) is 23.5 Å². The largest absolute Gasteiger partial charge is 0.508 e. The smallest absolute Gasteiger partial charge is 0.118 e. The molecule has 1 N–H and O–H groups in total. The first-order valence-corrected chi connectivity index (χ1v) is 7.75. The van der Waals surface area contributed by atoms with Crippen LogP contribution >= 0.6 is 0 Å². The minimum absolute atomic E-state index is 0.398. The van der Waals surface area contributed by atoms with Crippen LogP contribution in [0.4, 0.5) is 0 Å². The third-order valence-corrected chi connectivity index (χ3v) is 5.30. The van der Waals surface area contributed by atoms with Gasteiger partial charge in [-0.25, -0.2) is 0 Å². The average Bonchev–Trinajstić information content (AvgIpc) is 2.81. The molecule has 0 saturated carbocycles. The van der Waals surface area contributed by atoms with Gasteiger partial charge < -0.3 is 10.0 Å². The van der Waals surface area contributed by atoms with E-state index in [0.717, 1.165) is 24.9 Å². The minimum Gasteiger partial charge on any atom is -0.508 e. The van der Waals surface area contributed by atoms with Gasteiger partial charge in [0.05, 0.1) is 0 Å². The van der Waals surface area contributed by atoms with Crippen LogP contribution in [0.15, 0.2) is 36.4 Å². The zero-order valence-corrected chi connectivity index (χ0v) is 12.6. The Morgan fingerprint density at radius 1 is 1.10 bits per heavy atom. The zero-order valence-electron chi connectivity index (χ0n) is 12.6. The van der Waals surface area contributed by atoms with Gasteiger partial charge in [0.25, 0.3) is 0 Å². The molecule has 2 aliphatic rings. The molecule has 2 atom stereocenters. The lowest BCUT2D eigenvalue weighted by Gasteiger charge is -2.27. The van der Waals surface area contributed by atoms with Gasteiger partial charge in [-0.15, -0.1) is 0 Å². The van der Waals surface area contributed by atoms with Crippen LogP contribution in [0.1, 0.15) is 33.7 Å². The number of likely N-dealkylation sites (N-methyl/N-ethyl adjacent to an activating group) is 1. The first-order chi connectivity index (χ1) is 10.1. The summed E-state index contributed by atoms with van der Waals surface area (Å²) < 4.78 is 0. The molecular weight excluding hydrogens is 258 g/mol. The molecule has 0 saturated heterocycles. The molecular formula is C19H21NO. The average molecular weight is 279 g/mol. The summed E-state index contributed by atoms with van der Waals surface area (Å²) in [5.41, 5.74) is 6.63. The zero-order chi connectivity index (χ0) is 14.6. The summed E-state index contributed by atoms with van der Waals surface area (Å²) in [6.45, 7) is 3.08. The molecule has 2 heteroatoms. The molecule has 0 aromatic heterocycles. The summed E-state index contributed by atoms with van der Waals surface area (Å²) >= 11 is 0. The van der Waals surface area contributed by atoms with Crippen molar-refractivity contribution in [2.75, 3.05) is 13.6 Å². The van der Waals surface area contributed by atoms with Crippen LogP contribution in [0, 0.1) is 6.92 Å². The van der Waals surface area contributed by atoms with E-state index in [1.54, 1.807) is 0 Å². The van der Waals surface area contributed by atoms with Crippen molar-refractivity contribution in [1.82, 2.24) is 4.90 Å². The highest BCUT2D eigenvalue weighted by Crippen LogP contribution is 2.44. The predicted octanol–water partition coefficient (Wildman–Crippen LogP) is 3.25. The fraction of sp³-hybridized carbons (Fsp3) is 0.368. The Bertz CT molecular complexity index is 707. The minimum atomic E-state index is 0.398. The van der Waals surface area contributed by atoms with Gasteiger partial charge in [-0.2, -0.15) is 0 Å². The molecule has 1 heterocycles. The predicted molar refractivity (Wildman–Crippen MR) is 85.0 cm³/mol. The number of fused-ring (bicyclic) bond motifs is 5. The quantitative estimate of drug-likeness (QED) is 0.800. The lowest BCUT2D eigenvalue weighted by molar-refractivity contribution is 0.244. The van der Waals surface area contributed by atoms with Gasteiger partial charge in [-0.3, -0.25) is 0 Å². The fourth-order valence-electron chi connectivity index (χ4n) is 4.10. The Labute approximate surface area is 126 Å². The van der Waals surface area contributed by atoms with Crippen molar-refractivity contribution in [3.63, 3.8) is 0 Å². The van der Waals surface area contributed by atoms with E-state index in [1.807, 2.05) is 13.0 Å². The lowest BCUT2D eigenvalue weighted by Crippen LogP contribution is -2.34. The Hall–Kier alpha value is -1.80. The van der Waals surface area contributed by atoms with E-state index in [0.29, 0.717) is 17.7 Å². The maximum Gasteiger partial charge on any atom is 0.118 e. The Morgan fingerprint density at radius 3 is 2.76 bits per heavy atom. The first kappa shape index (κ1) is 12.9. The van der Waals surface area contributed by atoms with Gasteiger partial charge in [0.2, 0.25) is 0 Å². The Morgan fingerprint density at radius 2 is 1.90 bits per heavy atom. The number of phenolic OH excluding ortho intramolecular Hbond substituents is 1. The summed E-state index contributed by atoms with van der Waals surface area (Å²) in [6, 6.07) is 13.5. The van der Waals surface area contributed by atoms with Crippen molar-refractivity contribution >= 4 is 0 Å². The fourth-order valence-corrected chi connectivity index (χ4v) is 4.10. The highest BCUT2D eigenvalue weighted by atomic mass is 16.3. The number of rotatable bonds is 0. The monoisotopic (exact) mass is 279 g/mol. The normalized spacial score (nSPS) is 24.1. The number of phenols is 1. The van der Waals surface area contributed by atoms with E-state index in [-0.39, 0.29) is 0 Å². The number of hydrogen-bond acceptors (Lipinski definition) is 2. The van der Waals surface area contributed by atoms with Gasteiger partial charge in [0.1, 0.15) is 5.75 Å². The van der Waals surface area contributed by atoms with Gasteiger partial charge in [0, 0.05) is 18.5 Å². The number of benzene rings is 2. The number of aryl methyl sites for hydroxylation is 1. The molecule has 2 aromatic carbocycles. The molecule has 21 heavy (non-hydrogen) atoms. The van der Waals surface area contributed by atoms with Crippen LogP contribution in [-0.2, 0) is 12.8 Å². The van der Waals surface area contributed by atoms with Gasteiger partial charge in [0.15, 0.2) is 0 Å². The Kier molecular flexibility index (Phi) is 2.83. The van der Waals surface area contributed by atoms with Crippen molar-refractivity contribution in [2.45, 2.75) is 31.7 Å². The van der Waals surface area contributed by atoms with Crippen LogP contribution in [-0.4, -0.2) is 29.6 Å². The molecule has 0 amide bonds. The highest BCUT2D eigenvalue weighted by molar-refractivity contribution is 5.52. The first-order valence-electron chi connectivity index (χ1n) is 7.75. The molecule has 2 unspecified atom stereocenters. The van der Waals surface area contributed by atoms with Gasteiger partial charge in [-0.05, 0) is 60.7 Å². The second kappa shape index (κ2) is 4.60. The standard InChI is InChI=1S/C19H21NO/c1-12-9-14-7-8-20(2)17-10-13-5-3-4-6-15(13)19(17)16(14)11-18(12)21/h3-6,9,11,17,19,21H,7-8,10H2,1-2H3. The Balaban J connectivity index is 1.94. The van der Waals surface area contributed by atoms with E-state index < -0.39 is 0 Å². The van der Waals surface area contributed by atoms with Crippen LogP contribution in [0.5, 0.6) is 5.75 Å². The maximum absolute atomic E-state index is 10.2. The molecule has 1 aliphatic carbocycles. The summed E-state index contributed by atoms with van der Waals surface area (Å²) in [7, 11) is 2.24. The molecule has 108 valence electrons. The van der Waals surface area contributed by atoms with Gasteiger partial charge >= 0.3 is 0 Å². The molecule has 2 nitrogen and oxygen atoms in total. The van der Waals surface area contributed by atoms with Crippen molar-refractivity contribution in [1.29, 1.82) is 0 Å². The molecule has 2 aromatic rings. The van der Waals surface area contributed by atoms with E-state index in [2.05, 4.69) is 42.3 Å². The summed E-state index contributed by atoms with van der Waals surface area (Å²) in [5, 5.41) is 10.2. The second-order valence-electron chi connectivity index (χ2n) is 6.52. The third-order valence-electron chi connectivity index (χ3n) is 5.30. The maximum atomic E-state index is 10.2. The molecule has 4 rings (SSSR count). The SMILES string of the molecule is Cc1cc2c(cc1O)C1c3ccccc3CC1N(C)CC2. The van der Waals surface area contributed by atoms with E-state index in [9.17, 15) is 5.11 Å². The van der Waals surface area contributed by atoms with Crippen molar-refractivity contribution in [2.24, 2.45) is 0 Å². The van der Waals surface area contributed by atoms with Gasteiger partial charge in [-0.1, -0.05) is 30.3 Å². The number of aromatic hydroxyl groups is 1. The molecule has 0 fully saturated rings. The van der Waals surface area contributed by atoms with Crippen molar-refractivity contribution < 1.29 is 5.11 Å². The lowest BCUT2D eigenvalue weighted by atomic mass is 9.86. The number of hydrogen-bond donors (Lipinski definition) is 1. The van der Waals surface area contributed by atoms with E-state index >= 15 is 0 Å². The molecule has 0 radical (unpaired) electrons. The number of nitrogens with zero attached hydrogens (tertiary/aromatic N) is 1. The third kappa shape index (κ3) is 1.90. The highest BCUT2D eigenvalue weighted by Gasteiger charge is 2.38. The molecule has 1 aliphatic heterocycles. The van der Waals surface area contributed by atoms with Crippen molar-refractivity contribution in [3.05, 3.63) is 64.2 Å². The van der Waals surface area contributed by atoms with E-state index in [1.165, 1.54) is 22.3 Å². The summed E-state index contributed by atoms with van der Waals surface area (Å²) in [6.07, 6.45) is 2.19. The van der Waals surface area contributed by atoms with Crippen LogP contribution < -0.4 is 0 Å². The molecule has 0 spiro atoms. The van der Waals surface area contributed by atoms with Crippen LogP contribution in [0.3, 0.4) is 0 Å². The van der Waals surface area contributed by atoms with E-state index in [4.69, 9.17) is 0 Å². The molecule has 0 bridgehead atoms.